The Balaban J connectivity index is 1.93. The smallest absolute Gasteiger partial charge is 0.119 e. The van der Waals surface area contributed by atoms with E-state index in [1.807, 2.05) is 19.1 Å². The fourth-order valence-electron chi connectivity index (χ4n) is 2.19. The van der Waals surface area contributed by atoms with Crippen molar-refractivity contribution in [3.05, 3.63) is 59.7 Å². The van der Waals surface area contributed by atoms with Crippen molar-refractivity contribution in [2.24, 2.45) is 0 Å². The summed E-state index contributed by atoms with van der Waals surface area (Å²) in [6.45, 7) is 5.74. The second-order valence-electron chi connectivity index (χ2n) is 4.96. The first-order valence-corrected chi connectivity index (χ1v) is 8.54. The summed E-state index contributed by atoms with van der Waals surface area (Å²) < 4.78 is 5.53. The van der Waals surface area contributed by atoms with Crippen LogP contribution in [0.4, 0.5) is 0 Å². The third-order valence-electron chi connectivity index (χ3n) is 3.44. The SMILES string of the molecule is CCOc1cccc(CNC(C)c2ccc(SC)cc2)c1. The van der Waals surface area contributed by atoms with E-state index in [0.29, 0.717) is 12.6 Å². The molecule has 0 heterocycles. The molecule has 2 nitrogen and oxygen atoms in total. The molecule has 0 spiro atoms. The van der Waals surface area contributed by atoms with Gasteiger partial charge in [-0.25, -0.2) is 0 Å². The van der Waals surface area contributed by atoms with Crippen LogP contribution in [0.2, 0.25) is 0 Å². The summed E-state index contributed by atoms with van der Waals surface area (Å²) in [5.41, 5.74) is 2.56. The fourth-order valence-corrected chi connectivity index (χ4v) is 2.60. The van der Waals surface area contributed by atoms with Crippen molar-refractivity contribution >= 4 is 11.8 Å². The zero-order valence-electron chi connectivity index (χ0n) is 12.9. The molecule has 0 fully saturated rings. The van der Waals surface area contributed by atoms with E-state index in [-0.39, 0.29) is 0 Å². The highest BCUT2D eigenvalue weighted by Crippen LogP contribution is 2.20. The van der Waals surface area contributed by atoms with Gasteiger partial charge in [-0.1, -0.05) is 24.3 Å². The van der Waals surface area contributed by atoms with Crippen LogP contribution in [0.15, 0.2) is 53.4 Å². The number of benzene rings is 2. The number of ether oxygens (including phenoxy) is 1. The maximum Gasteiger partial charge on any atom is 0.119 e. The lowest BCUT2D eigenvalue weighted by Gasteiger charge is -2.15. The second-order valence-corrected chi connectivity index (χ2v) is 5.84. The average Bonchev–Trinajstić information content (AvgIpc) is 2.53. The van der Waals surface area contributed by atoms with Gasteiger partial charge in [0.15, 0.2) is 0 Å². The average molecular weight is 301 g/mol. The molecular formula is C18H23NOS. The van der Waals surface area contributed by atoms with Crippen molar-refractivity contribution < 1.29 is 4.74 Å². The van der Waals surface area contributed by atoms with E-state index in [9.17, 15) is 0 Å². The normalized spacial score (nSPS) is 12.1. The Morgan fingerprint density at radius 2 is 1.90 bits per heavy atom. The minimum absolute atomic E-state index is 0.330. The summed E-state index contributed by atoms with van der Waals surface area (Å²) >= 11 is 1.77. The van der Waals surface area contributed by atoms with Crippen LogP contribution in [0.3, 0.4) is 0 Å². The first-order chi connectivity index (χ1) is 10.2. The molecule has 2 aromatic carbocycles. The lowest BCUT2D eigenvalue weighted by atomic mass is 10.1. The highest BCUT2D eigenvalue weighted by Gasteiger charge is 2.05. The summed E-state index contributed by atoms with van der Waals surface area (Å²) in [4.78, 5) is 1.30. The Hall–Kier alpha value is -1.45. The summed E-state index contributed by atoms with van der Waals surface area (Å²) in [7, 11) is 0. The first kappa shape index (κ1) is 15.9. The van der Waals surface area contributed by atoms with Crippen molar-refractivity contribution in [1.29, 1.82) is 0 Å². The maximum absolute atomic E-state index is 5.53. The number of hydrogen-bond acceptors (Lipinski definition) is 3. The predicted octanol–water partition coefficient (Wildman–Crippen LogP) is 4.66. The first-order valence-electron chi connectivity index (χ1n) is 7.32. The molecule has 0 aromatic heterocycles. The predicted molar refractivity (Wildman–Crippen MR) is 91.1 cm³/mol. The summed E-state index contributed by atoms with van der Waals surface area (Å²) in [6, 6.07) is 17.3. The number of nitrogens with one attached hydrogen (secondary N) is 1. The Morgan fingerprint density at radius 3 is 2.57 bits per heavy atom. The molecule has 2 aromatic rings. The van der Waals surface area contributed by atoms with Gasteiger partial charge >= 0.3 is 0 Å². The van der Waals surface area contributed by atoms with Crippen LogP contribution in [-0.4, -0.2) is 12.9 Å². The minimum atomic E-state index is 0.330. The van der Waals surface area contributed by atoms with Crippen molar-refractivity contribution in [2.45, 2.75) is 31.3 Å². The molecule has 1 N–H and O–H groups in total. The van der Waals surface area contributed by atoms with Gasteiger partial charge in [-0.3, -0.25) is 0 Å². The van der Waals surface area contributed by atoms with Gasteiger partial charge in [-0.15, -0.1) is 11.8 Å². The number of rotatable bonds is 7. The Kier molecular flexibility index (Phi) is 6.15. The lowest BCUT2D eigenvalue weighted by Crippen LogP contribution is -2.18. The topological polar surface area (TPSA) is 21.3 Å². The highest BCUT2D eigenvalue weighted by atomic mass is 32.2. The minimum Gasteiger partial charge on any atom is -0.494 e. The molecule has 0 saturated heterocycles. The molecule has 2 rings (SSSR count). The van der Waals surface area contributed by atoms with Crippen molar-refractivity contribution in [3.8, 4) is 5.75 Å². The van der Waals surface area contributed by atoms with Crippen molar-refractivity contribution in [3.63, 3.8) is 0 Å². The molecule has 0 aliphatic carbocycles. The van der Waals surface area contributed by atoms with Crippen LogP contribution in [-0.2, 0) is 6.54 Å². The van der Waals surface area contributed by atoms with Crippen LogP contribution in [0.5, 0.6) is 5.75 Å². The van der Waals surface area contributed by atoms with Crippen LogP contribution < -0.4 is 10.1 Å². The van der Waals surface area contributed by atoms with Crippen LogP contribution in [0.25, 0.3) is 0 Å². The largest absolute Gasteiger partial charge is 0.494 e. The monoisotopic (exact) mass is 301 g/mol. The molecule has 0 radical (unpaired) electrons. The molecule has 0 aliphatic heterocycles. The Labute approximate surface area is 131 Å². The van der Waals surface area contributed by atoms with E-state index >= 15 is 0 Å². The Bertz CT molecular complexity index is 553. The molecule has 3 heteroatoms. The molecule has 1 unspecified atom stereocenters. The van der Waals surface area contributed by atoms with Crippen LogP contribution >= 0.6 is 11.8 Å². The summed E-state index contributed by atoms with van der Waals surface area (Å²) in [5, 5.41) is 3.56. The molecule has 1 atom stereocenters. The Morgan fingerprint density at radius 1 is 1.14 bits per heavy atom. The van der Waals surface area contributed by atoms with E-state index in [1.165, 1.54) is 16.0 Å². The van der Waals surface area contributed by atoms with Gasteiger partial charge in [0.05, 0.1) is 6.61 Å². The summed E-state index contributed by atoms with van der Waals surface area (Å²) in [5.74, 6) is 0.939. The van der Waals surface area contributed by atoms with Gasteiger partial charge in [0.2, 0.25) is 0 Å². The van der Waals surface area contributed by atoms with Gasteiger partial charge in [0.1, 0.15) is 5.75 Å². The summed E-state index contributed by atoms with van der Waals surface area (Å²) in [6.07, 6.45) is 2.10. The van der Waals surface area contributed by atoms with E-state index in [0.717, 1.165) is 12.3 Å². The van der Waals surface area contributed by atoms with Gasteiger partial charge in [-0.2, -0.15) is 0 Å². The molecule has 0 aliphatic rings. The third-order valence-corrected chi connectivity index (χ3v) is 4.18. The molecular weight excluding hydrogens is 278 g/mol. The fraction of sp³-hybridized carbons (Fsp3) is 0.333. The number of hydrogen-bond donors (Lipinski definition) is 1. The van der Waals surface area contributed by atoms with Gasteiger partial charge < -0.3 is 10.1 Å². The van der Waals surface area contributed by atoms with Gasteiger partial charge in [-0.05, 0) is 55.5 Å². The maximum atomic E-state index is 5.53. The van der Waals surface area contributed by atoms with Crippen LogP contribution in [0, 0.1) is 0 Å². The quantitative estimate of drug-likeness (QED) is 0.752. The molecule has 0 amide bonds. The molecule has 0 saturated carbocycles. The van der Waals surface area contributed by atoms with E-state index in [1.54, 1.807) is 11.8 Å². The van der Waals surface area contributed by atoms with E-state index in [4.69, 9.17) is 4.74 Å². The van der Waals surface area contributed by atoms with Crippen molar-refractivity contribution in [1.82, 2.24) is 5.32 Å². The second kappa shape index (κ2) is 8.11. The van der Waals surface area contributed by atoms with E-state index in [2.05, 4.69) is 54.9 Å². The standard InChI is InChI=1S/C18H23NOS/c1-4-20-17-7-5-6-15(12-17)13-19-14(2)16-8-10-18(21-3)11-9-16/h5-12,14,19H,4,13H2,1-3H3. The van der Waals surface area contributed by atoms with Gasteiger partial charge in [0.25, 0.3) is 0 Å². The molecule has 112 valence electrons. The molecule has 0 bridgehead atoms. The van der Waals surface area contributed by atoms with E-state index < -0.39 is 0 Å². The number of thioether (sulfide) groups is 1. The van der Waals surface area contributed by atoms with Crippen molar-refractivity contribution in [2.75, 3.05) is 12.9 Å². The lowest BCUT2D eigenvalue weighted by molar-refractivity contribution is 0.339. The highest BCUT2D eigenvalue weighted by molar-refractivity contribution is 7.98. The zero-order valence-corrected chi connectivity index (χ0v) is 13.7. The van der Waals surface area contributed by atoms with Crippen LogP contribution in [0.1, 0.15) is 31.0 Å². The van der Waals surface area contributed by atoms with Gasteiger partial charge in [0, 0.05) is 17.5 Å². The molecule has 21 heavy (non-hydrogen) atoms. The third kappa shape index (κ3) is 4.80. The zero-order chi connectivity index (χ0) is 15.1.